The molecule has 1 fully saturated rings. The van der Waals surface area contributed by atoms with Crippen LogP contribution < -0.4 is 0 Å². The molecule has 0 aliphatic carbocycles. The lowest BCUT2D eigenvalue weighted by molar-refractivity contribution is -0.132. The van der Waals surface area contributed by atoms with Crippen LogP contribution in [-0.2, 0) is 9.59 Å². The summed E-state index contributed by atoms with van der Waals surface area (Å²) in [5.74, 6) is 1.29. The summed E-state index contributed by atoms with van der Waals surface area (Å²) >= 11 is 0. The first-order valence-electron chi connectivity index (χ1n) is 6.93. The molecule has 3 heteroatoms. The maximum atomic E-state index is 11.9. The minimum Gasteiger partial charge on any atom is -0.343 e. The molecule has 0 bridgehead atoms. The van der Waals surface area contributed by atoms with Crippen molar-refractivity contribution in [1.82, 2.24) is 4.90 Å². The van der Waals surface area contributed by atoms with Crippen molar-refractivity contribution in [3.8, 4) is 0 Å². The number of likely N-dealkylation sites (tertiary alicyclic amines) is 1. The second-order valence-electron chi connectivity index (χ2n) is 5.21. The zero-order chi connectivity index (χ0) is 12.7. The molecule has 0 atom stereocenters. The maximum absolute atomic E-state index is 11.9. The van der Waals surface area contributed by atoms with Crippen LogP contribution in [0.4, 0.5) is 0 Å². The van der Waals surface area contributed by atoms with Gasteiger partial charge in [0.05, 0.1) is 0 Å². The summed E-state index contributed by atoms with van der Waals surface area (Å²) in [5, 5.41) is 0. The first kappa shape index (κ1) is 14.2. The highest BCUT2D eigenvalue weighted by atomic mass is 16.2. The van der Waals surface area contributed by atoms with Gasteiger partial charge in [0, 0.05) is 32.4 Å². The zero-order valence-electron chi connectivity index (χ0n) is 11.2. The first-order valence-corrected chi connectivity index (χ1v) is 6.93. The standard InChI is InChI=1S/C14H25NO2/c1-3-5-13(16)6-4-7-14(17)15-10-8-12(2)9-11-15/h12H,3-11H2,1-2H3. The van der Waals surface area contributed by atoms with Crippen LogP contribution in [0.1, 0.15) is 58.8 Å². The van der Waals surface area contributed by atoms with Gasteiger partial charge in [-0.05, 0) is 31.6 Å². The van der Waals surface area contributed by atoms with E-state index in [-0.39, 0.29) is 5.91 Å². The Morgan fingerprint density at radius 2 is 1.76 bits per heavy atom. The van der Waals surface area contributed by atoms with E-state index < -0.39 is 0 Å². The number of Topliss-reactive ketones (excluding diaryl/α,β-unsaturated/α-hetero) is 1. The molecular weight excluding hydrogens is 214 g/mol. The van der Waals surface area contributed by atoms with Gasteiger partial charge >= 0.3 is 0 Å². The van der Waals surface area contributed by atoms with Crippen molar-refractivity contribution in [2.24, 2.45) is 5.92 Å². The van der Waals surface area contributed by atoms with Gasteiger partial charge in [0.25, 0.3) is 0 Å². The summed E-state index contributed by atoms with van der Waals surface area (Å²) in [6.07, 6.45) is 5.67. The number of hydrogen-bond acceptors (Lipinski definition) is 2. The van der Waals surface area contributed by atoms with E-state index in [0.717, 1.165) is 44.7 Å². The number of amides is 1. The topological polar surface area (TPSA) is 37.4 Å². The first-order chi connectivity index (χ1) is 8.13. The molecule has 1 aliphatic heterocycles. The molecule has 1 amide bonds. The lowest BCUT2D eigenvalue weighted by atomic mass is 9.99. The predicted molar refractivity (Wildman–Crippen MR) is 68.7 cm³/mol. The number of carbonyl (C=O) groups excluding carboxylic acids is 2. The Morgan fingerprint density at radius 1 is 1.12 bits per heavy atom. The number of carbonyl (C=O) groups is 2. The van der Waals surface area contributed by atoms with Crippen molar-refractivity contribution in [1.29, 1.82) is 0 Å². The Labute approximate surface area is 105 Å². The van der Waals surface area contributed by atoms with Crippen LogP contribution in [-0.4, -0.2) is 29.7 Å². The van der Waals surface area contributed by atoms with Crippen LogP contribution >= 0.6 is 0 Å². The second kappa shape index (κ2) is 7.46. The van der Waals surface area contributed by atoms with E-state index in [0.29, 0.717) is 25.0 Å². The Morgan fingerprint density at radius 3 is 2.35 bits per heavy atom. The molecule has 0 aromatic carbocycles. The molecule has 98 valence electrons. The van der Waals surface area contributed by atoms with Gasteiger partial charge in [-0.2, -0.15) is 0 Å². The molecule has 1 saturated heterocycles. The Hall–Kier alpha value is -0.860. The van der Waals surface area contributed by atoms with Crippen molar-refractivity contribution < 1.29 is 9.59 Å². The minimum absolute atomic E-state index is 0.237. The van der Waals surface area contributed by atoms with Crippen molar-refractivity contribution in [2.75, 3.05) is 13.1 Å². The molecule has 1 rings (SSSR count). The normalized spacial score (nSPS) is 17.2. The van der Waals surface area contributed by atoms with Crippen LogP contribution in [0.3, 0.4) is 0 Å². The monoisotopic (exact) mass is 239 g/mol. The van der Waals surface area contributed by atoms with Crippen LogP contribution in [0, 0.1) is 5.92 Å². The molecule has 0 unspecified atom stereocenters. The van der Waals surface area contributed by atoms with Gasteiger partial charge in [-0.15, -0.1) is 0 Å². The van der Waals surface area contributed by atoms with Crippen LogP contribution in [0.5, 0.6) is 0 Å². The Balaban J connectivity index is 2.14. The Bertz CT molecular complexity index is 255. The van der Waals surface area contributed by atoms with Gasteiger partial charge in [0.2, 0.25) is 5.91 Å². The smallest absolute Gasteiger partial charge is 0.222 e. The van der Waals surface area contributed by atoms with E-state index in [1.807, 2.05) is 11.8 Å². The van der Waals surface area contributed by atoms with Crippen LogP contribution in [0.2, 0.25) is 0 Å². The fourth-order valence-corrected chi connectivity index (χ4v) is 2.26. The average Bonchev–Trinajstić information content (AvgIpc) is 2.30. The summed E-state index contributed by atoms with van der Waals surface area (Å²) in [6, 6.07) is 0. The minimum atomic E-state index is 0.237. The second-order valence-corrected chi connectivity index (χ2v) is 5.21. The number of ketones is 1. The highest BCUT2D eigenvalue weighted by Gasteiger charge is 2.19. The molecule has 1 aliphatic rings. The number of nitrogens with zero attached hydrogens (tertiary/aromatic N) is 1. The quantitative estimate of drug-likeness (QED) is 0.714. The van der Waals surface area contributed by atoms with Gasteiger partial charge in [-0.25, -0.2) is 0 Å². The lowest BCUT2D eigenvalue weighted by Crippen LogP contribution is -2.37. The van der Waals surface area contributed by atoms with Gasteiger partial charge in [0.1, 0.15) is 5.78 Å². The molecule has 0 radical (unpaired) electrons. The predicted octanol–water partition coefficient (Wildman–Crippen LogP) is 2.78. The number of piperidine rings is 1. The molecule has 0 spiro atoms. The number of rotatable bonds is 6. The molecule has 0 aromatic rings. The van der Waals surface area contributed by atoms with Crippen LogP contribution in [0.25, 0.3) is 0 Å². The highest BCUT2D eigenvalue weighted by molar-refractivity contribution is 5.80. The largest absolute Gasteiger partial charge is 0.343 e. The van der Waals surface area contributed by atoms with Crippen molar-refractivity contribution in [3.63, 3.8) is 0 Å². The zero-order valence-corrected chi connectivity index (χ0v) is 11.2. The van der Waals surface area contributed by atoms with E-state index in [2.05, 4.69) is 6.92 Å². The summed E-state index contributed by atoms with van der Waals surface area (Å²) in [4.78, 5) is 25.1. The summed E-state index contributed by atoms with van der Waals surface area (Å²) in [5.41, 5.74) is 0. The van der Waals surface area contributed by atoms with Gasteiger partial charge in [-0.3, -0.25) is 9.59 Å². The molecule has 17 heavy (non-hydrogen) atoms. The molecule has 0 N–H and O–H groups in total. The van der Waals surface area contributed by atoms with E-state index in [9.17, 15) is 9.59 Å². The SMILES string of the molecule is CCCC(=O)CCCC(=O)N1CCC(C)CC1. The molecule has 3 nitrogen and oxygen atoms in total. The third-order valence-electron chi connectivity index (χ3n) is 3.51. The van der Waals surface area contributed by atoms with Crippen LogP contribution in [0.15, 0.2) is 0 Å². The summed E-state index contributed by atoms with van der Waals surface area (Å²) < 4.78 is 0. The fourth-order valence-electron chi connectivity index (χ4n) is 2.26. The fraction of sp³-hybridized carbons (Fsp3) is 0.857. The third-order valence-corrected chi connectivity index (χ3v) is 3.51. The van der Waals surface area contributed by atoms with E-state index >= 15 is 0 Å². The maximum Gasteiger partial charge on any atom is 0.222 e. The summed E-state index contributed by atoms with van der Waals surface area (Å²) in [7, 11) is 0. The Kier molecular flexibility index (Phi) is 6.23. The van der Waals surface area contributed by atoms with Gasteiger partial charge in [0.15, 0.2) is 0 Å². The lowest BCUT2D eigenvalue weighted by Gasteiger charge is -2.30. The summed E-state index contributed by atoms with van der Waals surface area (Å²) in [6.45, 7) is 6.06. The molecular formula is C14H25NO2. The van der Waals surface area contributed by atoms with Crippen molar-refractivity contribution >= 4 is 11.7 Å². The third kappa shape index (κ3) is 5.33. The molecule has 0 saturated carbocycles. The molecule has 0 aromatic heterocycles. The average molecular weight is 239 g/mol. The van der Waals surface area contributed by atoms with E-state index in [1.54, 1.807) is 0 Å². The van der Waals surface area contributed by atoms with Gasteiger partial charge < -0.3 is 4.90 Å². The molecule has 1 heterocycles. The van der Waals surface area contributed by atoms with E-state index in [1.165, 1.54) is 0 Å². The van der Waals surface area contributed by atoms with Gasteiger partial charge in [-0.1, -0.05) is 13.8 Å². The van der Waals surface area contributed by atoms with Crippen molar-refractivity contribution in [2.45, 2.75) is 58.8 Å². The van der Waals surface area contributed by atoms with Crippen molar-refractivity contribution in [3.05, 3.63) is 0 Å². The number of hydrogen-bond donors (Lipinski definition) is 0. The highest BCUT2D eigenvalue weighted by Crippen LogP contribution is 2.17. The van der Waals surface area contributed by atoms with E-state index in [4.69, 9.17) is 0 Å².